The first-order chi connectivity index (χ1) is 13.4. The van der Waals surface area contributed by atoms with Gasteiger partial charge in [0.2, 0.25) is 0 Å². The fourth-order valence-electron chi connectivity index (χ4n) is 2.48. The summed E-state index contributed by atoms with van der Waals surface area (Å²) < 4.78 is 10.9. The molecule has 0 aliphatic rings. The molecule has 0 unspecified atom stereocenters. The Kier molecular flexibility index (Phi) is 6.16. The van der Waals surface area contributed by atoms with Crippen molar-refractivity contribution in [1.82, 2.24) is 0 Å². The van der Waals surface area contributed by atoms with Crippen molar-refractivity contribution in [2.24, 2.45) is 5.92 Å². The maximum Gasteiger partial charge on any atom is 0.291 e. The molecule has 28 heavy (non-hydrogen) atoms. The van der Waals surface area contributed by atoms with Crippen molar-refractivity contribution in [3.8, 4) is 5.75 Å². The molecule has 2 amide bonds. The van der Waals surface area contributed by atoms with E-state index in [1.54, 1.807) is 24.3 Å². The summed E-state index contributed by atoms with van der Waals surface area (Å²) in [5.41, 5.74) is 1.39. The normalized spacial score (nSPS) is 10.7. The van der Waals surface area contributed by atoms with Crippen LogP contribution in [0.3, 0.4) is 0 Å². The monoisotopic (exact) mass is 398 g/mol. The van der Waals surface area contributed by atoms with E-state index in [0.29, 0.717) is 33.8 Å². The van der Waals surface area contributed by atoms with Crippen molar-refractivity contribution < 1.29 is 18.7 Å². The van der Waals surface area contributed by atoms with E-state index in [4.69, 9.17) is 9.15 Å². The molecule has 2 N–H and O–H groups in total. The van der Waals surface area contributed by atoms with Gasteiger partial charge in [-0.05, 0) is 48.7 Å². The lowest BCUT2D eigenvalue weighted by Crippen LogP contribution is -2.13. The van der Waals surface area contributed by atoms with Crippen molar-refractivity contribution >= 4 is 33.8 Å². The van der Waals surface area contributed by atoms with Crippen LogP contribution in [0.5, 0.6) is 5.75 Å². The minimum Gasteiger partial charge on any atom is -0.491 e. The van der Waals surface area contributed by atoms with Crippen molar-refractivity contribution in [2.45, 2.75) is 20.8 Å². The minimum atomic E-state index is -0.356. The highest BCUT2D eigenvalue weighted by atomic mass is 32.1. The number of anilines is 2. The van der Waals surface area contributed by atoms with Crippen LogP contribution in [0, 0.1) is 12.8 Å². The number of para-hydroxylation sites is 2. The van der Waals surface area contributed by atoms with Crippen LogP contribution in [0.2, 0.25) is 0 Å². The van der Waals surface area contributed by atoms with Crippen LogP contribution in [0.15, 0.2) is 53.1 Å². The number of amides is 2. The number of furan rings is 1. The fourth-order valence-corrected chi connectivity index (χ4v) is 3.44. The smallest absolute Gasteiger partial charge is 0.291 e. The summed E-state index contributed by atoms with van der Waals surface area (Å²) in [7, 11) is 0. The van der Waals surface area contributed by atoms with Crippen LogP contribution in [0.25, 0.3) is 0 Å². The fraction of sp³-hybridized carbons (Fsp3) is 0.238. The minimum absolute atomic E-state index is 0.216. The second-order valence-corrected chi connectivity index (χ2v) is 7.76. The number of thiophene rings is 1. The Hall–Kier alpha value is -3.06. The Bertz CT molecular complexity index is 961. The summed E-state index contributed by atoms with van der Waals surface area (Å²) in [5.74, 6) is 0.620. The van der Waals surface area contributed by atoms with E-state index >= 15 is 0 Å². The maximum atomic E-state index is 12.8. The van der Waals surface area contributed by atoms with Gasteiger partial charge in [0, 0.05) is 0 Å². The van der Waals surface area contributed by atoms with Gasteiger partial charge in [0.15, 0.2) is 5.76 Å². The van der Waals surface area contributed by atoms with Gasteiger partial charge in [-0.25, -0.2) is 0 Å². The van der Waals surface area contributed by atoms with E-state index in [-0.39, 0.29) is 17.6 Å². The molecule has 3 aromatic rings. The van der Waals surface area contributed by atoms with E-state index in [0.717, 1.165) is 5.56 Å². The molecular weight excluding hydrogens is 376 g/mol. The highest BCUT2D eigenvalue weighted by Crippen LogP contribution is 2.30. The molecule has 2 heterocycles. The molecule has 0 bridgehead atoms. The number of nitrogens with one attached hydrogen (secondary N) is 2. The van der Waals surface area contributed by atoms with Crippen LogP contribution in [0.4, 0.5) is 10.7 Å². The van der Waals surface area contributed by atoms with Crippen LogP contribution < -0.4 is 15.4 Å². The molecule has 2 aromatic heterocycles. The van der Waals surface area contributed by atoms with E-state index in [1.807, 2.05) is 25.1 Å². The van der Waals surface area contributed by atoms with Crippen LogP contribution in [-0.2, 0) is 0 Å². The summed E-state index contributed by atoms with van der Waals surface area (Å²) >= 11 is 1.21. The molecule has 0 saturated heterocycles. The number of ether oxygens (including phenoxy) is 1. The number of hydrogen-bond acceptors (Lipinski definition) is 5. The molecule has 7 heteroatoms. The van der Waals surface area contributed by atoms with Gasteiger partial charge in [0.05, 0.1) is 28.4 Å². The van der Waals surface area contributed by atoms with Crippen LogP contribution >= 0.6 is 11.3 Å². The number of benzene rings is 1. The second kappa shape index (κ2) is 8.75. The van der Waals surface area contributed by atoms with E-state index < -0.39 is 0 Å². The van der Waals surface area contributed by atoms with E-state index in [1.165, 1.54) is 17.6 Å². The summed E-state index contributed by atoms with van der Waals surface area (Å²) in [4.78, 5) is 25.4. The van der Waals surface area contributed by atoms with Crippen LogP contribution in [-0.4, -0.2) is 18.4 Å². The number of carbonyl (C=O) groups is 2. The molecule has 6 nitrogen and oxygen atoms in total. The van der Waals surface area contributed by atoms with E-state index in [2.05, 4.69) is 24.5 Å². The van der Waals surface area contributed by atoms with Crippen molar-refractivity contribution in [3.05, 3.63) is 64.9 Å². The summed E-state index contributed by atoms with van der Waals surface area (Å²) in [6, 6.07) is 12.3. The zero-order valence-electron chi connectivity index (χ0n) is 15.9. The Morgan fingerprint density at radius 3 is 2.61 bits per heavy atom. The van der Waals surface area contributed by atoms with Gasteiger partial charge in [0.1, 0.15) is 5.75 Å². The predicted octanol–water partition coefficient (Wildman–Crippen LogP) is 5.19. The maximum absolute atomic E-state index is 12.8. The highest BCUT2D eigenvalue weighted by Gasteiger charge is 2.18. The number of aryl methyl sites for hydroxylation is 1. The third-order valence-electron chi connectivity index (χ3n) is 3.81. The molecule has 0 fully saturated rings. The standard InChI is InChI=1S/C21H22N2O4S/c1-13(2)12-27-16-8-5-4-7-15(16)22-21(25)19-14(3)11-18(28-19)23-20(24)17-9-6-10-26-17/h4-11,13H,12H2,1-3H3,(H,22,25)(H,23,24). The third kappa shape index (κ3) is 4.80. The summed E-state index contributed by atoms with van der Waals surface area (Å²) in [6.07, 6.45) is 1.44. The topological polar surface area (TPSA) is 80.6 Å². The molecule has 1 aromatic carbocycles. The van der Waals surface area contributed by atoms with Gasteiger partial charge in [-0.2, -0.15) is 0 Å². The SMILES string of the molecule is Cc1cc(NC(=O)c2ccco2)sc1C(=O)Nc1ccccc1OCC(C)C. The largest absolute Gasteiger partial charge is 0.491 e. The number of hydrogen-bond donors (Lipinski definition) is 2. The zero-order valence-corrected chi connectivity index (χ0v) is 16.8. The highest BCUT2D eigenvalue weighted by molar-refractivity contribution is 7.18. The van der Waals surface area contributed by atoms with Gasteiger partial charge in [-0.15, -0.1) is 11.3 Å². The van der Waals surface area contributed by atoms with Gasteiger partial charge in [-0.1, -0.05) is 26.0 Å². The van der Waals surface area contributed by atoms with Gasteiger partial charge >= 0.3 is 0 Å². The average Bonchev–Trinajstić information content (AvgIpc) is 3.31. The lowest BCUT2D eigenvalue weighted by molar-refractivity contribution is 0.0995. The van der Waals surface area contributed by atoms with Gasteiger partial charge in [0.25, 0.3) is 11.8 Å². The zero-order chi connectivity index (χ0) is 20.1. The molecular formula is C21H22N2O4S. The number of rotatable bonds is 7. The Labute approximate surface area is 167 Å². The molecule has 0 aliphatic heterocycles. The second-order valence-electron chi connectivity index (χ2n) is 6.71. The summed E-state index contributed by atoms with van der Waals surface area (Å²) in [6.45, 7) is 6.52. The van der Waals surface area contributed by atoms with Crippen molar-refractivity contribution in [3.63, 3.8) is 0 Å². The van der Waals surface area contributed by atoms with Crippen molar-refractivity contribution in [2.75, 3.05) is 17.2 Å². The first kappa shape index (κ1) is 19.7. The lowest BCUT2D eigenvalue weighted by atomic mass is 10.2. The third-order valence-corrected chi connectivity index (χ3v) is 4.96. The quantitative estimate of drug-likeness (QED) is 0.574. The molecule has 0 atom stereocenters. The molecule has 0 aliphatic carbocycles. The predicted molar refractivity (Wildman–Crippen MR) is 110 cm³/mol. The number of carbonyl (C=O) groups excluding carboxylic acids is 2. The molecule has 0 radical (unpaired) electrons. The Morgan fingerprint density at radius 2 is 1.89 bits per heavy atom. The first-order valence-electron chi connectivity index (χ1n) is 8.92. The van der Waals surface area contributed by atoms with E-state index in [9.17, 15) is 9.59 Å². The van der Waals surface area contributed by atoms with Gasteiger partial charge < -0.3 is 19.8 Å². The average molecular weight is 398 g/mol. The van der Waals surface area contributed by atoms with Gasteiger partial charge in [-0.3, -0.25) is 9.59 Å². The van der Waals surface area contributed by atoms with Crippen LogP contribution in [0.1, 0.15) is 39.6 Å². The Balaban J connectivity index is 1.72. The first-order valence-corrected chi connectivity index (χ1v) is 9.74. The summed E-state index contributed by atoms with van der Waals surface area (Å²) in [5, 5.41) is 6.23. The lowest BCUT2D eigenvalue weighted by Gasteiger charge is -2.13. The Morgan fingerprint density at radius 1 is 1.11 bits per heavy atom. The molecule has 146 valence electrons. The molecule has 0 spiro atoms. The molecule has 3 rings (SSSR count). The molecule has 0 saturated carbocycles. The van der Waals surface area contributed by atoms with Crippen molar-refractivity contribution in [1.29, 1.82) is 0 Å².